The van der Waals surface area contributed by atoms with Crippen molar-refractivity contribution in [1.29, 1.82) is 0 Å². The Labute approximate surface area is 233 Å². The lowest BCUT2D eigenvalue weighted by atomic mass is 9.47. The number of carbonyl (C=O) groups excluding carboxylic acids is 3. The van der Waals surface area contributed by atoms with Crippen molar-refractivity contribution in [3.8, 4) is 0 Å². The minimum absolute atomic E-state index is 0.160. The average Bonchev–Trinajstić information content (AvgIpc) is 3.06. The van der Waals surface area contributed by atoms with E-state index in [-0.39, 0.29) is 18.4 Å². The van der Waals surface area contributed by atoms with E-state index in [2.05, 4.69) is 0 Å². The highest BCUT2D eigenvalue weighted by Gasteiger charge is 2.83. The van der Waals surface area contributed by atoms with E-state index >= 15 is 0 Å². The SMILES string of the molecule is CC(=O)OC1CC(C)(O)C23OC(C)(C)C(CC(OC(=O)c4ccccc4)C2(C)C1OC(=O)c1ccccc1)C3O. The van der Waals surface area contributed by atoms with E-state index in [0.29, 0.717) is 5.56 Å². The fourth-order valence-corrected chi connectivity index (χ4v) is 7.42. The molecule has 3 aliphatic rings. The first-order valence-corrected chi connectivity index (χ1v) is 13.5. The summed E-state index contributed by atoms with van der Waals surface area (Å²) in [4.78, 5) is 39.1. The first-order chi connectivity index (χ1) is 18.7. The van der Waals surface area contributed by atoms with Gasteiger partial charge in [-0.1, -0.05) is 36.4 Å². The van der Waals surface area contributed by atoms with E-state index in [1.54, 1.807) is 67.6 Å². The van der Waals surface area contributed by atoms with Crippen LogP contribution in [-0.4, -0.2) is 69.3 Å². The molecule has 0 aromatic heterocycles. The molecule has 9 heteroatoms. The number of aliphatic hydroxyl groups is 2. The highest BCUT2D eigenvalue weighted by Crippen LogP contribution is 2.68. The molecule has 1 saturated heterocycles. The number of fused-ring (bicyclic) bond motifs is 1. The normalized spacial score (nSPS) is 37.6. The van der Waals surface area contributed by atoms with Gasteiger partial charge >= 0.3 is 17.9 Å². The molecule has 2 aromatic carbocycles. The number of rotatable bonds is 5. The molecule has 5 rings (SSSR count). The van der Waals surface area contributed by atoms with Gasteiger partial charge in [0, 0.05) is 19.3 Å². The Morgan fingerprint density at radius 3 is 1.90 bits per heavy atom. The van der Waals surface area contributed by atoms with Crippen LogP contribution in [0.25, 0.3) is 0 Å². The number of hydrogen-bond donors (Lipinski definition) is 2. The third kappa shape index (κ3) is 4.14. The molecule has 2 saturated carbocycles. The van der Waals surface area contributed by atoms with Crippen LogP contribution in [-0.2, 0) is 23.7 Å². The molecule has 8 atom stereocenters. The molecular weight excluding hydrogens is 516 g/mol. The van der Waals surface area contributed by atoms with Crippen LogP contribution in [0, 0.1) is 11.3 Å². The zero-order valence-corrected chi connectivity index (χ0v) is 23.3. The van der Waals surface area contributed by atoms with Crippen LogP contribution in [0.3, 0.4) is 0 Å². The highest BCUT2D eigenvalue weighted by molar-refractivity contribution is 5.90. The van der Waals surface area contributed by atoms with Gasteiger partial charge in [0.05, 0.1) is 33.8 Å². The monoisotopic (exact) mass is 552 g/mol. The number of ether oxygens (including phenoxy) is 4. The molecule has 0 radical (unpaired) electrons. The van der Waals surface area contributed by atoms with Crippen molar-refractivity contribution in [2.45, 2.75) is 88.7 Å². The van der Waals surface area contributed by atoms with Crippen molar-refractivity contribution in [1.82, 2.24) is 0 Å². The summed E-state index contributed by atoms with van der Waals surface area (Å²) >= 11 is 0. The van der Waals surface area contributed by atoms with Gasteiger partial charge < -0.3 is 29.2 Å². The van der Waals surface area contributed by atoms with E-state index in [4.69, 9.17) is 18.9 Å². The second-order valence-electron chi connectivity index (χ2n) is 12.1. The summed E-state index contributed by atoms with van der Waals surface area (Å²) in [6.07, 6.45) is -4.59. The van der Waals surface area contributed by atoms with Crippen LogP contribution in [0.15, 0.2) is 60.7 Å². The average molecular weight is 553 g/mol. The molecular formula is C31H36O9. The smallest absolute Gasteiger partial charge is 0.338 e. The third-order valence-electron chi connectivity index (χ3n) is 9.20. The second kappa shape index (κ2) is 9.68. The summed E-state index contributed by atoms with van der Waals surface area (Å²) in [5, 5.41) is 23.9. The number of benzene rings is 2. The van der Waals surface area contributed by atoms with Crippen molar-refractivity contribution >= 4 is 17.9 Å². The van der Waals surface area contributed by atoms with Crippen LogP contribution in [0.4, 0.5) is 0 Å². The summed E-state index contributed by atoms with van der Waals surface area (Å²) in [6, 6.07) is 16.8. The highest BCUT2D eigenvalue weighted by atomic mass is 16.6. The minimum Gasteiger partial charge on any atom is -0.458 e. The van der Waals surface area contributed by atoms with Crippen LogP contribution >= 0.6 is 0 Å². The Morgan fingerprint density at radius 2 is 1.38 bits per heavy atom. The molecule has 2 aromatic rings. The summed E-state index contributed by atoms with van der Waals surface area (Å²) in [5.74, 6) is -2.46. The molecule has 8 unspecified atom stereocenters. The fourth-order valence-electron chi connectivity index (χ4n) is 7.42. The van der Waals surface area contributed by atoms with Gasteiger partial charge in [-0.15, -0.1) is 0 Å². The van der Waals surface area contributed by atoms with Gasteiger partial charge in [0.25, 0.3) is 0 Å². The van der Waals surface area contributed by atoms with Gasteiger partial charge in [-0.25, -0.2) is 9.59 Å². The van der Waals surface area contributed by atoms with Gasteiger partial charge in [0.2, 0.25) is 0 Å². The van der Waals surface area contributed by atoms with Crippen molar-refractivity contribution < 1.29 is 43.5 Å². The number of carbonyl (C=O) groups is 3. The van der Waals surface area contributed by atoms with Crippen molar-refractivity contribution in [3.05, 3.63) is 71.8 Å². The number of esters is 3. The molecule has 2 aliphatic carbocycles. The molecule has 9 nitrogen and oxygen atoms in total. The third-order valence-corrected chi connectivity index (χ3v) is 9.20. The summed E-state index contributed by atoms with van der Waals surface area (Å²) in [7, 11) is 0. The lowest BCUT2D eigenvalue weighted by molar-refractivity contribution is -0.341. The van der Waals surface area contributed by atoms with E-state index in [1.807, 2.05) is 13.8 Å². The van der Waals surface area contributed by atoms with Crippen molar-refractivity contribution in [2.24, 2.45) is 11.3 Å². The fraction of sp³-hybridized carbons (Fsp3) is 0.516. The lowest BCUT2D eigenvalue weighted by Crippen LogP contribution is -2.81. The minimum atomic E-state index is -1.78. The molecule has 1 aliphatic heterocycles. The van der Waals surface area contributed by atoms with Crippen LogP contribution in [0.5, 0.6) is 0 Å². The predicted molar refractivity (Wildman–Crippen MR) is 142 cm³/mol. The maximum atomic E-state index is 13.4. The Hall–Kier alpha value is -3.27. The first-order valence-electron chi connectivity index (χ1n) is 13.5. The standard InChI is InChI=1S/C31H36O9/c1-18(32)37-22-17-29(4,36)31-24(33)21(28(2,3)40-31)16-23(38-26(34)19-12-8-6-9-13-19)30(31,5)25(22)39-27(35)20-14-10-7-11-15-20/h6-15,21-25,33,36H,16-17H2,1-5H3. The van der Waals surface area contributed by atoms with E-state index in [0.717, 1.165) is 0 Å². The second-order valence-corrected chi connectivity index (χ2v) is 12.1. The molecule has 3 fully saturated rings. The molecule has 40 heavy (non-hydrogen) atoms. The summed E-state index contributed by atoms with van der Waals surface area (Å²) < 4.78 is 24.6. The molecule has 0 amide bonds. The molecule has 2 bridgehead atoms. The largest absolute Gasteiger partial charge is 0.458 e. The van der Waals surface area contributed by atoms with Crippen LogP contribution in [0.2, 0.25) is 0 Å². The van der Waals surface area contributed by atoms with Crippen LogP contribution in [0.1, 0.15) is 68.2 Å². The summed E-state index contributed by atoms with van der Waals surface area (Å²) in [6.45, 7) is 8.04. The van der Waals surface area contributed by atoms with Gasteiger partial charge in [0.1, 0.15) is 17.8 Å². The van der Waals surface area contributed by atoms with E-state index in [9.17, 15) is 24.6 Å². The lowest BCUT2D eigenvalue weighted by Gasteiger charge is -2.65. The van der Waals surface area contributed by atoms with Gasteiger partial charge in [-0.2, -0.15) is 0 Å². The Kier molecular flexibility index (Phi) is 6.84. The van der Waals surface area contributed by atoms with Gasteiger partial charge in [-0.05, 0) is 58.4 Å². The van der Waals surface area contributed by atoms with Gasteiger partial charge in [-0.3, -0.25) is 4.79 Å². The number of hydrogen-bond acceptors (Lipinski definition) is 9. The molecule has 214 valence electrons. The Bertz CT molecular complexity index is 1290. The van der Waals surface area contributed by atoms with Crippen LogP contribution < -0.4 is 0 Å². The predicted octanol–water partition coefficient (Wildman–Crippen LogP) is 3.46. The molecule has 1 heterocycles. The van der Waals surface area contributed by atoms with Crippen molar-refractivity contribution in [3.63, 3.8) is 0 Å². The molecule has 1 spiro atoms. The maximum Gasteiger partial charge on any atom is 0.338 e. The Morgan fingerprint density at radius 1 is 0.850 bits per heavy atom. The zero-order chi connectivity index (χ0) is 29.1. The quantitative estimate of drug-likeness (QED) is 0.423. The number of aliphatic hydroxyl groups excluding tert-OH is 1. The van der Waals surface area contributed by atoms with Crippen molar-refractivity contribution in [2.75, 3.05) is 0 Å². The maximum absolute atomic E-state index is 13.4. The first kappa shape index (κ1) is 28.3. The molecule has 2 N–H and O–H groups in total. The van der Waals surface area contributed by atoms with Gasteiger partial charge in [0.15, 0.2) is 6.10 Å². The summed E-state index contributed by atoms with van der Waals surface area (Å²) in [5.41, 5.74) is -5.42. The van der Waals surface area contributed by atoms with E-state index in [1.165, 1.54) is 13.8 Å². The zero-order valence-electron chi connectivity index (χ0n) is 23.3. The topological polar surface area (TPSA) is 129 Å². The van der Waals surface area contributed by atoms with E-state index < -0.39 is 70.5 Å². The Balaban J connectivity index is 1.67.